The zero-order chi connectivity index (χ0) is 41.9. The van der Waals surface area contributed by atoms with Crippen LogP contribution in [-0.2, 0) is 45.8 Å². The molecule has 2 bridgehead atoms. The maximum absolute atomic E-state index is 15.3. The van der Waals surface area contributed by atoms with E-state index < -0.39 is 57.5 Å². The minimum Gasteiger partial charge on any atom is -0.496 e. The van der Waals surface area contributed by atoms with Gasteiger partial charge in [-0.2, -0.15) is 0 Å². The van der Waals surface area contributed by atoms with Crippen molar-refractivity contribution in [3.8, 4) is 5.75 Å². The Bertz CT molecular complexity index is 2250. The van der Waals surface area contributed by atoms with Gasteiger partial charge in [-0.1, -0.05) is 44.2 Å². The van der Waals surface area contributed by atoms with Crippen LogP contribution in [0, 0.1) is 17.3 Å². The highest BCUT2D eigenvalue weighted by Crippen LogP contribution is 2.68. The summed E-state index contributed by atoms with van der Waals surface area (Å²) < 4.78 is 24.0. The number of aliphatic hydroxyl groups is 2. The molecule has 6 aliphatic rings. The van der Waals surface area contributed by atoms with Gasteiger partial charge in [0, 0.05) is 71.3 Å². The molecule has 0 amide bonds. The van der Waals surface area contributed by atoms with Gasteiger partial charge in [0.15, 0.2) is 6.10 Å². The van der Waals surface area contributed by atoms with Crippen molar-refractivity contribution in [2.45, 2.75) is 119 Å². The molecule has 12 heteroatoms. The van der Waals surface area contributed by atoms with Gasteiger partial charge in [0.1, 0.15) is 11.2 Å². The number of carbonyl (C=O) groups excluding carboxylic acids is 3. The molecule has 3 fully saturated rings. The van der Waals surface area contributed by atoms with Crippen LogP contribution in [0.4, 0.5) is 5.69 Å². The summed E-state index contributed by atoms with van der Waals surface area (Å²) in [4.78, 5) is 50.9. The number of ether oxygens (including phenoxy) is 4. The summed E-state index contributed by atoms with van der Waals surface area (Å²) >= 11 is 0. The van der Waals surface area contributed by atoms with Gasteiger partial charge in [0.2, 0.25) is 5.60 Å². The number of nitrogens with zero attached hydrogens (tertiary/aromatic N) is 2. The lowest BCUT2D eigenvalue weighted by molar-refractivity contribution is -0.228. The Morgan fingerprint density at radius 3 is 2.37 bits per heavy atom. The summed E-state index contributed by atoms with van der Waals surface area (Å²) in [5.74, 6) is -1.17. The second-order valence-electron chi connectivity index (χ2n) is 18.6. The average molecular weight is 810 g/mol. The third-order valence-electron chi connectivity index (χ3n) is 16.0. The maximum Gasteiger partial charge on any atom is 0.344 e. The molecule has 3 aromatic rings. The molecule has 3 aliphatic carbocycles. The van der Waals surface area contributed by atoms with Gasteiger partial charge >= 0.3 is 17.9 Å². The van der Waals surface area contributed by atoms with Crippen LogP contribution in [-0.4, -0.2) is 109 Å². The van der Waals surface area contributed by atoms with Crippen molar-refractivity contribution >= 4 is 34.5 Å². The number of benzene rings is 2. The molecule has 2 saturated carbocycles. The number of para-hydroxylation sites is 1. The molecule has 59 heavy (non-hydrogen) atoms. The molecule has 9 rings (SSSR count). The van der Waals surface area contributed by atoms with Crippen LogP contribution >= 0.6 is 0 Å². The fourth-order valence-electron chi connectivity index (χ4n) is 14.0. The Morgan fingerprint density at radius 2 is 1.68 bits per heavy atom. The van der Waals surface area contributed by atoms with Crippen LogP contribution in [0.15, 0.2) is 48.6 Å². The number of fused-ring (bicyclic) bond motifs is 6. The number of esters is 3. The van der Waals surface area contributed by atoms with Crippen molar-refractivity contribution in [2.75, 3.05) is 46.4 Å². The van der Waals surface area contributed by atoms with E-state index in [0.717, 1.165) is 52.7 Å². The number of nitrogens with one attached hydrogen (secondary N) is 1. The van der Waals surface area contributed by atoms with Crippen molar-refractivity contribution < 1.29 is 43.5 Å². The Hall–Kier alpha value is -4.39. The monoisotopic (exact) mass is 809 g/mol. The summed E-state index contributed by atoms with van der Waals surface area (Å²) in [5, 5.41) is 26.4. The number of anilines is 1. The van der Waals surface area contributed by atoms with Crippen LogP contribution in [0.2, 0.25) is 0 Å². The third kappa shape index (κ3) is 5.21. The van der Waals surface area contributed by atoms with E-state index in [1.165, 1.54) is 21.1 Å². The van der Waals surface area contributed by atoms with E-state index in [9.17, 15) is 19.8 Å². The zero-order valence-electron chi connectivity index (χ0n) is 35.4. The first kappa shape index (κ1) is 40.0. The lowest BCUT2D eigenvalue weighted by Gasteiger charge is -2.63. The van der Waals surface area contributed by atoms with Crippen molar-refractivity contribution in [1.82, 2.24) is 9.88 Å². The quantitative estimate of drug-likeness (QED) is 0.158. The first-order chi connectivity index (χ1) is 28.2. The summed E-state index contributed by atoms with van der Waals surface area (Å²) in [6.45, 7) is 6.69. The number of aromatic amines is 1. The Balaban J connectivity index is 1.36. The van der Waals surface area contributed by atoms with Crippen LogP contribution in [0.25, 0.3) is 10.9 Å². The van der Waals surface area contributed by atoms with Crippen molar-refractivity contribution in [3.05, 3.63) is 70.9 Å². The van der Waals surface area contributed by atoms with E-state index in [-0.39, 0.29) is 17.9 Å². The molecular formula is C47H59N3O9. The second kappa shape index (κ2) is 13.8. The summed E-state index contributed by atoms with van der Waals surface area (Å²) in [6, 6.07) is 11.0. The molecule has 10 atom stereocenters. The zero-order valence-corrected chi connectivity index (χ0v) is 35.4. The van der Waals surface area contributed by atoms with E-state index in [4.69, 9.17) is 18.9 Å². The molecule has 3 N–H and O–H groups in total. The lowest BCUT2D eigenvalue weighted by atomic mass is 9.47. The minimum atomic E-state index is -2.30. The van der Waals surface area contributed by atoms with E-state index >= 15 is 4.79 Å². The molecule has 12 nitrogen and oxygen atoms in total. The Morgan fingerprint density at radius 1 is 0.932 bits per heavy atom. The third-order valence-corrected chi connectivity index (χ3v) is 16.0. The van der Waals surface area contributed by atoms with Crippen molar-refractivity contribution in [1.29, 1.82) is 0 Å². The first-order valence-electron chi connectivity index (χ1n) is 21.5. The molecule has 1 spiro atoms. The Labute approximate surface area is 346 Å². The van der Waals surface area contributed by atoms with Crippen LogP contribution in [0.5, 0.6) is 5.75 Å². The molecule has 3 aliphatic heterocycles. The molecule has 4 heterocycles. The van der Waals surface area contributed by atoms with E-state index in [0.29, 0.717) is 62.9 Å². The summed E-state index contributed by atoms with van der Waals surface area (Å²) in [6.07, 6.45) is 8.64. The Kier molecular flexibility index (Phi) is 9.38. The maximum atomic E-state index is 15.3. The van der Waals surface area contributed by atoms with Gasteiger partial charge in [0.25, 0.3) is 0 Å². The van der Waals surface area contributed by atoms with Gasteiger partial charge in [-0.15, -0.1) is 0 Å². The van der Waals surface area contributed by atoms with Gasteiger partial charge in [-0.3, -0.25) is 14.5 Å². The predicted molar refractivity (Wildman–Crippen MR) is 221 cm³/mol. The molecule has 1 saturated heterocycles. The highest BCUT2D eigenvalue weighted by atomic mass is 16.6. The topological polar surface area (TPSA) is 151 Å². The predicted octanol–water partition coefficient (Wildman–Crippen LogP) is 5.48. The number of methoxy groups -OCH3 is 3. The number of rotatable bonds is 7. The minimum absolute atomic E-state index is 0.0245. The van der Waals surface area contributed by atoms with E-state index in [1.807, 2.05) is 44.0 Å². The van der Waals surface area contributed by atoms with E-state index in [1.54, 1.807) is 7.11 Å². The number of hydrogen-bond acceptors (Lipinski definition) is 11. The van der Waals surface area contributed by atoms with Crippen LogP contribution in [0.3, 0.4) is 0 Å². The summed E-state index contributed by atoms with van der Waals surface area (Å²) in [7, 11) is 6.18. The highest BCUT2D eigenvalue weighted by molar-refractivity contribution is 5.95. The SMILES string of the molecule is CC[C@]1(O)CC2C[C@H](CCc3c([nH]c4ccccc34)[C@@](C(=O)OC)(c3cc4c(cc3OC)N(C)[C@H]3[C@@](O)(C(=O)OC)[C@H](OC(C)=O)[C@]5(CC)C=CCN6CC[C@]43[C@@H]65)C2)C1. The average Bonchev–Trinajstić information content (AvgIpc) is 3.90. The molecule has 316 valence electrons. The standard InChI is InChI=1S/C47H59N3O9/c1-8-43(54)24-28-15-16-31-30-13-10-11-14-34(30)48-37(31)46(41(52)57-6,26-29(21-28)25-43)33-22-32-35(23-36(33)56-5)49(4)39-45(32)18-20-50-19-12-17-44(9-2,38(45)50)40(59-27(3)51)47(39,55)42(53)58-7/h10-14,17,22-23,28-29,38-40,48,54-55H,8-9,15-16,18-21,24-26H2,1-7H3/t28-,29?,38-,39+,40+,43+,44+,45+,46-,47-/m0/s1. The number of aryl methyl sites for hydroxylation is 1. The van der Waals surface area contributed by atoms with Crippen molar-refractivity contribution in [2.24, 2.45) is 17.3 Å². The molecule has 2 aromatic carbocycles. The van der Waals surface area contributed by atoms with Gasteiger partial charge in [0.05, 0.1) is 33.0 Å². The molecular weight excluding hydrogens is 751 g/mol. The number of likely N-dealkylation sites (N-methyl/N-ethyl adjacent to an activating group) is 1. The van der Waals surface area contributed by atoms with Crippen LogP contribution in [0.1, 0.15) is 94.5 Å². The summed E-state index contributed by atoms with van der Waals surface area (Å²) in [5.41, 5.74) is -1.38. The first-order valence-corrected chi connectivity index (χ1v) is 21.5. The number of H-pyrrole nitrogens is 1. The van der Waals surface area contributed by atoms with Gasteiger partial charge < -0.3 is 39.0 Å². The number of carbonyl (C=O) groups is 3. The highest BCUT2D eigenvalue weighted by Gasteiger charge is 2.80. The lowest BCUT2D eigenvalue weighted by Crippen LogP contribution is -2.81. The molecule has 1 aromatic heterocycles. The molecule has 0 radical (unpaired) electrons. The van der Waals surface area contributed by atoms with Crippen LogP contribution < -0.4 is 9.64 Å². The van der Waals surface area contributed by atoms with Crippen molar-refractivity contribution in [3.63, 3.8) is 0 Å². The smallest absolute Gasteiger partial charge is 0.344 e. The molecule has 1 unspecified atom stereocenters. The fraction of sp³-hybridized carbons (Fsp3) is 0.596. The van der Waals surface area contributed by atoms with E-state index in [2.05, 4.69) is 40.2 Å². The van der Waals surface area contributed by atoms with Gasteiger partial charge in [-0.05, 0) is 99.4 Å². The number of aromatic nitrogens is 1. The fourth-order valence-corrected chi connectivity index (χ4v) is 14.0. The normalized spacial score (nSPS) is 37.0. The number of hydrogen-bond donors (Lipinski definition) is 3. The van der Waals surface area contributed by atoms with Gasteiger partial charge in [-0.25, -0.2) is 4.79 Å². The largest absolute Gasteiger partial charge is 0.496 e. The second-order valence-corrected chi connectivity index (χ2v) is 18.6.